The van der Waals surface area contributed by atoms with Crippen LogP contribution in [-0.4, -0.2) is 12.5 Å². The third-order valence-corrected chi connectivity index (χ3v) is 3.28. The summed E-state index contributed by atoms with van der Waals surface area (Å²) >= 11 is 0. The highest BCUT2D eigenvalue weighted by Crippen LogP contribution is 2.27. The summed E-state index contributed by atoms with van der Waals surface area (Å²) < 4.78 is 10.7. The van der Waals surface area contributed by atoms with Crippen LogP contribution in [0.15, 0.2) is 34.9 Å². The number of benzene rings is 1. The molecule has 104 valence electrons. The zero-order valence-electron chi connectivity index (χ0n) is 11.0. The lowest BCUT2D eigenvalue weighted by Gasteiger charge is -2.17. The summed E-state index contributed by atoms with van der Waals surface area (Å²) in [5, 5.41) is 2.85. The lowest BCUT2D eigenvalue weighted by Crippen LogP contribution is -2.13. The van der Waals surface area contributed by atoms with E-state index in [1.54, 1.807) is 6.07 Å². The Morgan fingerprint density at radius 1 is 1.35 bits per heavy atom. The highest BCUT2D eigenvalue weighted by atomic mass is 16.5. The van der Waals surface area contributed by atoms with Crippen LogP contribution < -0.4 is 15.8 Å². The first-order chi connectivity index (χ1) is 9.76. The summed E-state index contributed by atoms with van der Waals surface area (Å²) in [6.07, 6.45) is 3.40. The van der Waals surface area contributed by atoms with Crippen LogP contribution in [0.3, 0.4) is 0 Å². The maximum absolute atomic E-state index is 12.1. The van der Waals surface area contributed by atoms with Crippen LogP contribution in [0, 0.1) is 0 Å². The van der Waals surface area contributed by atoms with Crippen LogP contribution in [0.2, 0.25) is 0 Å². The van der Waals surface area contributed by atoms with Gasteiger partial charge < -0.3 is 20.2 Å². The monoisotopic (exact) mass is 272 g/mol. The number of rotatable bonds is 3. The zero-order chi connectivity index (χ0) is 13.9. The molecular weight excluding hydrogens is 256 g/mol. The zero-order valence-corrected chi connectivity index (χ0v) is 11.0. The molecule has 0 saturated heterocycles. The Hall–Kier alpha value is -2.27. The van der Waals surface area contributed by atoms with Crippen LogP contribution in [0.4, 0.5) is 5.69 Å². The van der Waals surface area contributed by atoms with Gasteiger partial charge in [0, 0.05) is 5.69 Å². The Morgan fingerprint density at radius 2 is 2.25 bits per heavy atom. The molecule has 0 unspecified atom stereocenters. The Morgan fingerprint density at radius 3 is 3.05 bits per heavy atom. The average molecular weight is 272 g/mol. The van der Waals surface area contributed by atoms with Crippen molar-refractivity contribution < 1.29 is 13.9 Å². The highest BCUT2D eigenvalue weighted by molar-refractivity contribution is 6.04. The van der Waals surface area contributed by atoms with Crippen molar-refractivity contribution in [2.75, 3.05) is 11.9 Å². The second-order valence-corrected chi connectivity index (χ2v) is 4.73. The highest BCUT2D eigenvalue weighted by Gasteiger charge is 2.13. The van der Waals surface area contributed by atoms with Crippen molar-refractivity contribution in [1.29, 1.82) is 0 Å². The van der Waals surface area contributed by atoms with Crippen molar-refractivity contribution in [2.45, 2.75) is 19.4 Å². The van der Waals surface area contributed by atoms with Gasteiger partial charge in [0.25, 0.3) is 5.91 Å². The van der Waals surface area contributed by atoms with Crippen molar-refractivity contribution in [3.63, 3.8) is 0 Å². The Balaban J connectivity index is 1.75. The van der Waals surface area contributed by atoms with Gasteiger partial charge in [-0.25, -0.2) is 0 Å². The molecule has 1 aromatic heterocycles. The standard InChI is InChI=1S/C15H16N2O3/c16-8-13-7-11(9-20-13)15(18)17-12-3-4-14-10(6-12)2-1-5-19-14/h3-4,6-7,9H,1-2,5,8,16H2,(H,17,18). The number of nitrogens with two attached hydrogens (primary N) is 1. The van der Waals surface area contributed by atoms with E-state index in [4.69, 9.17) is 14.9 Å². The predicted octanol–water partition coefficient (Wildman–Crippen LogP) is 2.32. The first kappa shape index (κ1) is 12.7. The molecule has 2 heterocycles. The van der Waals surface area contributed by atoms with E-state index in [-0.39, 0.29) is 12.5 Å². The number of furan rings is 1. The van der Waals surface area contributed by atoms with Gasteiger partial charge in [0.1, 0.15) is 17.8 Å². The van der Waals surface area contributed by atoms with Gasteiger partial charge in [-0.05, 0) is 42.7 Å². The minimum absolute atomic E-state index is 0.204. The number of hydrogen-bond acceptors (Lipinski definition) is 4. The van der Waals surface area contributed by atoms with E-state index in [1.807, 2.05) is 18.2 Å². The van der Waals surface area contributed by atoms with E-state index in [0.717, 1.165) is 36.4 Å². The van der Waals surface area contributed by atoms with E-state index >= 15 is 0 Å². The number of hydrogen-bond donors (Lipinski definition) is 2. The summed E-state index contributed by atoms with van der Waals surface area (Å²) in [5.41, 5.74) is 7.81. The SMILES string of the molecule is NCc1cc(C(=O)Nc2ccc3c(c2)CCCO3)co1. The number of aryl methyl sites for hydroxylation is 1. The molecule has 0 fully saturated rings. The Labute approximate surface area is 116 Å². The van der Waals surface area contributed by atoms with Crippen molar-refractivity contribution in [3.8, 4) is 5.75 Å². The quantitative estimate of drug-likeness (QED) is 0.898. The fourth-order valence-corrected chi connectivity index (χ4v) is 2.25. The summed E-state index contributed by atoms with van der Waals surface area (Å²) in [6.45, 7) is 1.04. The van der Waals surface area contributed by atoms with Crippen LogP contribution in [-0.2, 0) is 13.0 Å². The summed E-state index contributed by atoms with van der Waals surface area (Å²) in [7, 11) is 0. The maximum Gasteiger partial charge on any atom is 0.258 e. The maximum atomic E-state index is 12.1. The fourth-order valence-electron chi connectivity index (χ4n) is 2.25. The van der Waals surface area contributed by atoms with E-state index in [2.05, 4.69) is 5.32 Å². The third kappa shape index (κ3) is 2.53. The van der Waals surface area contributed by atoms with Crippen LogP contribution in [0.25, 0.3) is 0 Å². The molecule has 1 amide bonds. The minimum Gasteiger partial charge on any atom is -0.493 e. The van der Waals surface area contributed by atoms with Gasteiger partial charge in [-0.3, -0.25) is 4.79 Å². The molecule has 0 bridgehead atoms. The van der Waals surface area contributed by atoms with Crippen LogP contribution in [0.5, 0.6) is 5.75 Å². The number of amides is 1. The molecule has 0 radical (unpaired) electrons. The van der Waals surface area contributed by atoms with E-state index in [9.17, 15) is 4.79 Å². The Kier molecular flexibility index (Phi) is 3.43. The normalized spacial score (nSPS) is 13.4. The molecule has 1 aromatic carbocycles. The van der Waals surface area contributed by atoms with Crippen molar-refractivity contribution >= 4 is 11.6 Å². The summed E-state index contributed by atoms with van der Waals surface area (Å²) in [5.74, 6) is 1.29. The van der Waals surface area contributed by atoms with Gasteiger partial charge >= 0.3 is 0 Å². The third-order valence-electron chi connectivity index (χ3n) is 3.28. The number of nitrogens with one attached hydrogen (secondary N) is 1. The second-order valence-electron chi connectivity index (χ2n) is 4.73. The molecule has 3 N–H and O–H groups in total. The molecule has 5 nitrogen and oxygen atoms in total. The number of fused-ring (bicyclic) bond motifs is 1. The largest absolute Gasteiger partial charge is 0.493 e. The topological polar surface area (TPSA) is 77.5 Å². The second kappa shape index (κ2) is 5.38. The van der Waals surface area contributed by atoms with Gasteiger partial charge in [0.05, 0.1) is 18.7 Å². The van der Waals surface area contributed by atoms with E-state index < -0.39 is 0 Å². The van der Waals surface area contributed by atoms with Crippen molar-refractivity contribution in [1.82, 2.24) is 0 Å². The predicted molar refractivity (Wildman–Crippen MR) is 74.8 cm³/mol. The fraction of sp³-hybridized carbons (Fsp3) is 0.267. The van der Waals surface area contributed by atoms with Crippen LogP contribution >= 0.6 is 0 Å². The van der Waals surface area contributed by atoms with E-state index in [1.165, 1.54) is 6.26 Å². The molecular formula is C15H16N2O3. The number of carbonyl (C=O) groups excluding carboxylic acids is 1. The molecule has 2 aromatic rings. The number of ether oxygens (including phenoxy) is 1. The van der Waals surface area contributed by atoms with Gasteiger partial charge in [-0.2, -0.15) is 0 Å². The summed E-state index contributed by atoms with van der Waals surface area (Å²) in [4.78, 5) is 12.1. The first-order valence-electron chi connectivity index (χ1n) is 6.61. The van der Waals surface area contributed by atoms with Crippen LogP contribution in [0.1, 0.15) is 28.1 Å². The van der Waals surface area contributed by atoms with E-state index in [0.29, 0.717) is 11.3 Å². The number of carbonyl (C=O) groups is 1. The molecule has 3 rings (SSSR count). The van der Waals surface area contributed by atoms with Gasteiger partial charge in [-0.15, -0.1) is 0 Å². The molecule has 0 saturated carbocycles. The van der Waals surface area contributed by atoms with Gasteiger partial charge in [0.15, 0.2) is 0 Å². The number of anilines is 1. The van der Waals surface area contributed by atoms with Crippen molar-refractivity contribution in [3.05, 3.63) is 47.4 Å². The molecule has 0 spiro atoms. The Bertz CT molecular complexity index is 634. The minimum atomic E-state index is -0.204. The van der Waals surface area contributed by atoms with Gasteiger partial charge in [-0.1, -0.05) is 0 Å². The lowest BCUT2D eigenvalue weighted by molar-refractivity contribution is 0.102. The smallest absolute Gasteiger partial charge is 0.258 e. The average Bonchev–Trinajstić information content (AvgIpc) is 2.96. The molecule has 1 aliphatic heterocycles. The molecule has 1 aliphatic rings. The molecule has 20 heavy (non-hydrogen) atoms. The first-order valence-corrected chi connectivity index (χ1v) is 6.61. The lowest BCUT2D eigenvalue weighted by atomic mass is 10.1. The van der Waals surface area contributed by atoms with Gasteiger partial charge in [0.2, 0.25) is 0 Å². The molecule has 0 aliphatic carbocycles. The molecule has 5 heteroatoms. The van der Waals surface area contributed by atoms with Crippen molar-refractivity contribution in [2.24, 2.45) is 5.73 Å². The molecule has 0 atom stereocenters. The summed E-state index contributed by atoms with van der Waals surface area (Å²) in [6, 6.07) is 7.34.